The van der Waals surface area contributed by atoms with Crippen LogP contribution in [0.5, 0.6) is 5.88 Å². The van der Waals surface area contributed by atoms with Crippen LogP contribution in [0.3, 0.4) is 0 Å². The van der Waals surface area contributed by atoms with Gasteiger partial charge in [0.25, 0.3) is 5.91 Å². The maximum absolute atomic E-state index is 14.4. The van der Waals surface area contributed by atoms with Crippen molar-refractivity contribution < 1.29 is 27.5 Å². The highest BCUT2D eigenvalue weighted by Gasteiger charge is 2.62. The molecule has 1 saturated heterocycles. The molecule has 0 radical (unpaired) electrons. The predicted molar refractivity (Wildman–Crippen MR) is 181 cm³/mol. The van der Waals surface area contributed by atoms with Gasteiger partial charge in [-0.2, -0.15) is 0 Å². The maximum Gasteiger partial charge on any atom is 0.259 e. The summed E-state index contributed by atoms with van der Waals surface area (Å²) < 4.78 is 34.2. The van der Waals surface area contributed by atoms with E-state index in [2.05, 4.69) is 20.3 Å². The number of nitrogens with zero attached hydrogens (tertiary/aromatic N) is 2. The van der Waals surface area contributed by atoms with Crippen molar-refractivity contribution in [3.63, 3.8) is 0 Å². The Balaban J connectivity index is 1.19. The number of ether oxygens (including phenoxy) is 1. The number of pyridine rings is 1. The molecule has 2 aliphatic heterocycles. The van der Waals surface area contributed by atoms with Gasteiger partial charge in [0.05, 0.1) is 11.8 Å². The van der Waals surface area contributed by atoms with E-state index in [0.29, 0.717) is 25.1 Å². The van der Waals surface area contributed by atoms with E-state index in [1.807, 2.05) is 72.8 Å². The van der Waals surface area contributed by atoms with E-state index >= 15 is 0 Å². The van der Waals surface area contributed by atoms with Crippen LogP contribution in [-0.4, -0.2) is 71.5 Å². The number of hydrogen-bond donors (Lipinski definition) is 3. The number of carbonyl (C=O) groups is 3. The van der Waals surface area contributed by atoms with Crippen molar-refractivity contribution in [1.29, 1.82) is 0 Å². The van der Waals surface area contributed by atoms with Crippen LogP contribution in [0, 0.1) is 5.92 Å². The number of anilines is 1. The standard InChI is InChI=1S/C36H41N5O6S/c42-32-31-21-27(47-33-29-15-10-9-11-24(29)19-20-37-33)23-41(31)34(43)30(38-26-13-6-4-7-14-26)16-8-3-1-2-5-12-25-22-36(25,39-32)35(44)40-48(45,46)28-17-18-28/h4-7,9-15,19-20,25,27-28,30-31,38H,1-3,8,16-18,21-23H2,(H,39,42)(H,40,44)/b12-5-/t25-,27-,30+,31+,36-/m1/s1. The van der Waals surface area contributed by atoms with E-state index in [-0.39, 0.29) is 31.2 Å². The molecule has 3 N–H and O–H groups in total. The number of allylic oxidation sites excluding steroid dienone is 1. The Hall–Kier alpha value is -4.45. The van der Waals surface area contributed by atoms with Gasteiger partial charge in [-0.15, -0.1) is 0 Å². The number of nitrogens with one attached hydrogen (secondary N) is 3. The Morgan fingerprint density at radius 3 is 2.58 bits per heavy atom. The minimum absolute atomic E-state index is 0.146. The minimum atomic E-state index is -3.83. The van der Waals surface area contributed by atoms with Crippen LogP contribution in [0.2, 0.25) is 0 Å². The molecule has 4 aliphatic rings. The summed E-state index contributed by atoms with van der Waals surface area (Å²) in [6.45, 7) is 0.146. The van der Waals surface area contributed by atoms with E-state index < -0.39 is 50.8 Å². The van der Waals surface area contributed by atoms with Crippen molar-refractivity contribution in [1.82, 2.24) is 19.9 Å². The summed E-state index contributed by atoms with van der Waals surface area (Å²) in [5.41, 5.74) is -0.611. The van der Waals surface area contributed by atoms with Crippen molar-refractivity contribution in [3.05, 3.63) is 79.0 Å². The molecule has 2 aliphatic carbocycles. The van der Waals surface area contributed by atoms with Crippen LogP contribution in [0.4, 0.5) is 5.69 Å². The molecule has 0 spiro atoms. The first kappa shape index (κ1) is 32.1. The zero-order valence-corrected chi connectivity index (χ0v) is 27.5. The Labute approximate surface area is 280 Å². The summed E-state index contributed by atoms with van der Waals surface area (Å²) in [6.07, 6.45) is 10.5. The van der Waals surface area contributed by atoms with Crippen LogP contribution < -0.4 is 20.1 Å². The molecule has 3 fully saturated rings. The second-order valence-corrected chi connectivity index (χ2v) is 15.4. The summed E-state index contributed by atoms with van der Waals surface area (Å²) in [4.78, 5) is 48.4. The van der Waals surface area contributed by atoms with Crippen molar-refractivity contribution in [2.45, 2.75) is 86.8 Å². The molecule has 12 heteroatoms. The van der Waals surface area contributed by atoms with Gasteiger partial charge in [0.1, 0.15) is 23.7 Å². The number of carbonyl (C=O) groups excluding carboxylic acids is 3. The van der Waals surface area contributed by atoms with Gasteiger partial charge in [0, 0.05) is 29.6 Å². The summed E-state index contributed by atoms with van der Waals surface area (Å²) in [5, 5.41) is 7.54. The van der Waals surface area contributed by atoms with Crippen molar-refractivity contribution >= 4 is 44.2 Å². The number of fused-ring (bicyclic) bond motifs is 3. The normalized spacial score (nSPS) is 28.6. The molecule has 3 amide bonds. The van der Waals surface area contributed by atoms with Crippen LogP contribution in [0.15, 0.2) is 79.0 Å². The van der Waals surface area contributed by atoms with Gasteiger partial charge in [-0.1, -0.05) is 61.4 Å². The van der Waals surface area contributed by atoms with Crippen LogP contribution in [0.1, 0.15) is 57.8 Å². The molecule has 5 atom stereocenters. The zero-order chi connectivity index (χ0) is 33.3. The molecule has 252 valence electrons. The Morgan fingerprint density at radius 2 is 1.77 bits per heavy atom. The third kappa shape index (κ3) is 6.76. The molecule has 48 heavy (non-hydrogen) atoms. The van der Waals surface area contributed by atoms with E-state index in [4.69, 9.17) is 4.74 Å². The van der Waals surface area contributed by atoms with E-state index in [1.165, 1.54) is 0 Å². The fraction of sp³-hybridized carbons (Fsp3) is 0.444. The second-order valence-electron chi connectivity index (χ2n) is 13.4. The monoisotopic (exact) mass is 671 g/mol. The lowest BCUT2D eigenvalue weighted by atomic mass is 10.0. The molecule has 2 saturated carbocycles. The average molecular weight is 672 g/mol. The number of sulfonamides is 1. The second kappa shape index (κ2) is 13.2. The topological polar surface area (TPSA) is 147 Å². The molecule has 7 rings (SSSR count). The van der Waals surface area contributed by atoms with Gasteiger partial charge in [-0.3, -0.25) is 19.1 Å². The highest BCUT2D eigenvalue weighted by molar-refractivity contribution is 7.91. The summed E-state index contributed by atoms with van der Waals surface area (Å²) in [7, 11) is -3.83. The first-order valence-corrected chi connectivity index (χ1v) is 18.5. The molecule has 1 aromatic heterocycles. The van der Waals surface area contributed by atoms with Gasteiger partial charge in [-0.05, 0) is 68.2 Å². The number of para-hydroxylation sites is 1. The van der Waals surface area contributed by atoms with E-state index in [9.17, 15) is 22.8 Å². The van der Waals surface area contributed by atoms with Gasteiger partial charge in [0.2, 0.25) is 27.7 Å². The quantitative estimate of drug-likeness (QED) is 0.319. The summed E-state index contributed by atoms with van der Waals surface area (Å²) in [6, 6.07) is 17.6. The third-order valence-electron chi connectivity index (χ3n) is 9.87. The molecule has 0 bridgehead atoms. The molecule has 3 aromatic rings. The number of hydrogen-bond acceptors (Lipinski definition) is 8. The highest BCUT2D eigenvalue weighted by Crippen LogP contribution is 2.46. The van der Waals surface area contributed by atoms with Crippen molar-refractivity contribution in [2.75, 3.05) is 11.9 Å². The lowest BCUT2D eigenvalue weighted by molar-refractivity contribution is -0.140. The van der Waals surface area contributed by atoms with Gasteiger partial charge >= 0.3 is 0 Å². The van der Waals surface area contributed by atoms with Gasteiger partial charge in [-0.25, -0.2) is 13.4 Å². The van der Waals surface area contributed by atoms with Crippen molar-refractivity contribution in [3.8, 4) is 5.88 Å². The van der Waals surface area contributed by atoms with Crippen LogP contribution in [-0.2, 0) is 24.4 Å². The first-order valence-electron chi connectivity index (χ1n) is 16.9. The smallest absolute Gasteiger partial charge is 0.259 e. The maximum atomic E-state index is 14.4. The largest absolute Gasteiger partial charge is 0.472 e. The Morgan fingerprint density at radius 1 is 0.979 bits per heavy atom. The van der Waals surface area contributed by atoms with E-state index in [1.54, 1.807) is 11.1 Å². The fourth-order valence-corrected chi connectivity index (χ4v) is 8.29. The molecule has 3 heterocycles. The molecule has 11 nitrogen and oxygen atoms in total. The Kier molecular flexibility index (Phi) is 8.84. The summed E-state index contributed by atoms with van der Waals surface area (Å²) in [5.74, 6) is -1.41. The molecule has 0 unspecified atom stereocenters. The first-order chi connectivity index (χ1) is 23.2. The van der Waals surface area contributed by atoms with Crippen molar-refractivity contribution in [2.24, 2.45) is 5.92 Å². The van der Waals surface area contributed by atoms with Gasteiger partial charge < -0.3 is 20.3 Å². The van der Waals surface area contributed by atoms with Gasteiger partial charge in [0.15, 0.2) is 0 Å². The summed E-state index contributed by atoms with van der Waals surface area (Å²) >= 11 is 0. The third-order valence-corrected chi connectivity index (χ3v) is 11.7. The number of benzene rings is 2. The van der Waals surface area contributed by atoms with Crippen LogP contribution >= 0.6 is 0 Å². The van der Waals surface area contributed by atoms with E-state index in [0.717, 1.165) is 42.1 Å². The zero-order valence-electron chi connectivity index (χ0n) is 26.7. The molecular weight excluding hydrogens is 630 g/mol. The lowest BCUT2D eigenvalue weighted by Crippen LogP contribution is -2.57. The SMILES string of the molecule is O=C1N[C@]2(C(=O)NS(=O)(=O)C3CC3)C[C@H]2/C=C\CCCCC[C@H](Nc2ccccc2)C(=O)N2C[C@H](Oc3nccc4ccccc34)C[C@@H]12. The lowest BCUT2D eigenvalue weighted by Gasteiger charge is -2.30. The average Bonchev–Trinajstić information content (AvgIpc) is 4.01. The number of aromatic nitrogens is 1. The highest BCUT2D eigenvalue weighted by atomic mass is 32.2. The molecule has 2 aromatic carbocycles. The number of amides is 3. The fourth-order valence-electron chi connectivity index (χ4n) is 6.93. The Bertz CT molecular complexity index is 1830. The number of rotatable bonds is 7. The van der Waals surface area contributed by atoms with Crippen LogP contribution in [0.25, 0.3) is 10.8 Å². The minimum Gasteiger partial charge on any atom is -0.472 e. The predicted octanol–water partition coefficient (Wildman–Crippen LogP) is 4.07. The molecular formula is C36H41N5O6S.